The Morgan fingerprint density at radius 3 is 2.46 bits per heavy atom. The van der Waals surface area contributed by atoms with E-state index in [1.165, 1.54) is 36.6 Å². The van der Waals surface area contributed by atoms with E-state index in [4.69, 9.17) is 0 Å². The number of carbonyl (C=O) groups excluding carboxylic acids is 1. The summed E-state index contributed by atoms with van der Waals surface area (Å²) in [6.07, 6.45) is 2.63. The van der Waals surface area contributed by atoms with Crippen LogP contribution in [0, 0.1) is 11.6 Å². The number of aliphatic hydroxyl groups is 1. The number of carbonyl (C=O) groups is 1. The molecule has 0 radical (unpaired) electrons. The van der Waals surface area contributed by atoms with E-state index in [0.29, 0.717) is 17.2 Å². The Bertz CT molecular complexity index is 1000. The third-order valence-electron chi connectivity index (χ3n) is 4.39. The molecular weight excluding hydrogens is 368 g/mol. The van der Waals surface area contributed by atoms with Crippen LogP contribution in [0.2, 0.25) is 0 Å². The number of methoxy groups -OCH3 is 1. The summed E-state index contributed by atoms with van der Waals surface area (Å²) in [6.45, 7) is 3.72. The van der Waals surface area contributed by atoms with Crippen LogP contribution in [0.4, 0.5) is 8.78 Å². The lowest BCUT2D eigenvalue weighted by atomic mass is 9.82. The first-order valence-corrected chi connectivity index (χ1v) is 8.23. The zero-order chi connectivity index (χ0) is 20.3. The fourth-order valence-electron chi connectivity index (χ4n) is 2.88. The Kier molecular flexibility index (Phi) is 5.32. The third-order valence-corrected chi connectivity index (χ3v) is 4.39. The fourth-order valence-corrected chi connectivity index (χ4v) is 2.88. The number of rotatable bonds is 6. The molecule has 1 unspecified atom stereocenters. The predicted octanol–water partition coefficient (Wildman–Crippen LogP) is 2.94. The maximum absolute atomic E-state index is 14.5. The van der Waals surface area contributed by atoms with Crippen LogP contribution in [0.1, 0.15) is 21.5 Å². The normalized spacial score (nSPS) is 13.0. The lowest BCUT2D eigenvalue weighted by Gasteiger charge is -2.31. The highest BCUT2D eigenvalue weighted by Gasteiger charge is 2.37. The van der Waals surface area contributed by atoms with Gasteiger partial charge in [-0.1, -0.05) is 18.7 Å². The first kappa shape index (κ1) is 19.4. The minimum Gasteiger partial charge on any atom is -0.465 e. The second kappa shape index (κ2) is 7.69. The van der Waals surface area contributed by atoms with E-state index in [9.17, 15) is 18.7 Å². The van der Waals surface area contributed by atoms with Crippen molar-refractivity contribution >= 4 is 11.5 Å². The van der Waals surface area contributed by atoms with E-state index in [1.54, 1.807) is 12.1 Å². The van der Waals surface area contributed by atoms with Crippen molar-refractivity contribution in [3.63, 3.8) is 0 Å². The molecule has 0 spiro atoms. The molecule has 0 amide bonds. The Labute approximate surface area is 159 Å². The van der Waals surface area contributed by atoms with Gasteiger partial charge in [0.1, 0.15) is 29.9 Å². The number of halogens is 2. The quantitative estimate of drug-likeness (QED) is 0.660. The maximum atomic E-state index is 14.5. The molecule has 2 aromatic carbocycles. The van der Waals surface area contributed by atoms with E-state index in [0.717, 1.165) is 12.1 Å². The minimum atomic E-state index is -1.95. The molecule has 144 valence electrons. The van der Waals surface area contributed by atoms with Gasteiger partial charge in [0.2, 0.25) is 0 Å². The number of hydrogen-bond donors (Lipinski definition) is 1. The van der Waals surface area contributed by atoms with Gasteiger partial charge < -0.3 is 9.84 Å². The fraction of sp³-hybridized carbons (Fsp3) is 0.150. The Morgan fingerprint density at radius 1 is 1.21 bits per heavy atom. The van der Waals surface area contributed by atoms with Crippen molar-refractivity contribution in [2.45, 2.75) is 12.1 Å². The van der Waals surface area contributed by atoms with Gasteiger partial charge in [-0.2, -0.15) is 5.10 Å². The van der Waals surface area contributed by atoms with Crippen LogP contribution >= 0.6 is 0 Å². The van der Waals surface area contributed by atoms with Crippen LogP contribution in [-0.4, -0.2) is 33.0 Å². The van der Waals surface area contributed by atoms with Crippen LogP contribution in [0.15, 0.2) is 61.7 Å². The number of aromatic nitrogens is 3. The summed E-state index contributed by atoms with van der Waals surface area (Å²) >= 11 is 0. The molecule has 0 bridgehead atoms. The highest BCUT2D eigenvalue weighted by atomic mass is 19.1. The zero-order valence-corrected chi connectivity index (χ0v) is 15.0. The molecule has 1 N–H and O–H groups in total. The van der Waals surface area contributed by atoms with E-state index in [1.807, 2.05) is 0 Å². The van der Waals surface area contributed by atoms with Gasteiger partial charge in [-0.05, 0) is 35.4 Å². The van der Waals surface area contributed by atoms with Crippen molar-refractivity contribution < 1.29 is 23.4 Å². The van der Waals surface area contributed by atoms with Crippen molar-refractivity contribution in [1.29, 1.82) is 0 Å². The molecule has 0 saturated heterocycles. The van der Waals surface area contributed by atoms with Gasteiger partial charge in [0.15, 0.2) is 0 Å². The average Bonchev–Trinajstić information content (AvgIpc) is 3.19. The van der Waals surface area contributed by atoms with Crippen molar-refractivity contribution in [1.82, 2.24) is 14.8 Å². The van der Waals surface area contributed by atoms with Gasteiger partial charge in [-0.15, -0.1) is 0 Å². The number of hydrogen-bond acceptors (Lipinski definition) is 5. The summed E-state index contributed by atoms with van der Waals surface area (Å²) < 4.78 is 33.9. The largest absolute Gasteiger partial charge is 0.465 e. The summed E-state index contributed by atoms with van der Waals surface area (Å²) in [5, 5.41) is 15.4. The van der Waals surface area contributed by atoms with Gasteiger partial charge >= 0.3 is 5.97 Å². The molecule has 1 heterocycles. The molecule has 6 nitrogen and oxygen atoms in total. The van der Waals surface area contributed by atoms with Crippen molar-refractivity contribution in [2.75, 3.05) is 7.11 Å². The zero-order valence-electron chi connectivity index (χ0n) is 15.0. The van der Waals surface area contributed by atoms with Crippen LogP contribution in [0.3, 0.4) is 0 Å². The number of ether oxygens (including phenoxy) is 1. The molecule has 1 aromatic heterocycles. The lowest BCUT2D eigenvalue weighted by Crippen LogP contribution is -2.34. The van der Waals surface area contributed by atoms with Crippen LogP contribution in [-0.2, 0) is 16.9 Å². The predicted molar refractivity (Wildman–Crippen MR) is 97.1 cm³/mol. The summed E-state index contributed by atoms with van der Waals surface area (Å²) in [4.78, 5) is 15.4. The molecule has 1 atom stereocenters. The topological polar surface area (TPSA) is 77.2 Å². The molecule has 0 aliphatic rings. The second-order valence-electron chi connectivity index (χ2n) is 6.12. The van der Waals surface area contributed by atoms with Gasteiger partial charge in [0, 0.05) is 11.6 Å². The minimum absolute atomic E-state index is 0.143. The lowest BCUT2D eigenvalue weighted by molar-refractivity contribution is 0.0600. The first-order valence-electron chi connectivity index (χ1n) is 8.23. The van der Waals surface area contributed by atoms with E-state index >= 15 is 0 Å². The molecular formula is C20H17F2N3O3. The Hall–Kier alpha value is -3.39. The smallest absolute Gasteiger partial charge is 0.337 e. The first-order chi connectivity index (χ1) is 13.3. The van der Waals surface area contributed by atoms with E-state index in [-0.39, 0.29) is 17.7 Å². The molecule has 0 fully saturated rings. The number of esters is 1. The molecule has 28 heavy (non-hydrogen) atoms. The molecule has 3 aromatic rings. The summed E-state index contributed by atoms with van der Waals surface area (Å²) in [5.74, 6) is -2.20. The highest BCUT2D eigenvalue weighted by Crippen LogP contribution is 2.38. The summed E-state index contributed by atoms with van der Waals surface area (Å²) in [5.41, 5.74) is -1.19. The molecule has 8 heteroatoms. The molecule has 0 aliphatic carbocycles. The van der Waals surface area contributed by atoms with Crippen molar-refractivity contribution in [3.8, 4) is 0 Å². The van der Waals surface area contributed by atoms with E-state index < -0.39 is 23.2 Å². The Morgan fingerprint density at radius 2 is 1.89 bits per heavy atom. The van der Waals surface area contributed by atoms with Gasteiger partial charge in [0.05, 0.1) is 19.2 Å². The molecule has 3 rings (SSSR count). The molecule has 0 saturated carbocycles. The standard InChI is InChI=1S/C20H17F2N3O3/c1-13(14-3-5-15(6-4-14)19(26)28-2)20(27,10-25-12-23-11-24-25)17-8-7-16(21)9-18(17)22/h3-9,11-12,27H,1,10H2,2H3. The Balaban J connectivity index is 2.05. The second-order valence-corrected chi connectivity index (χ2v) is 6.12. The maximum Gasteiger partial charge on any atom is 0.337 e. The molecule has 0 aliphatic heterocycles. The monoisotopic (exact) mass is 385 g/mol. The SMILES string of the molecule is C=C(c1ccc(C(=O)OC)cc1)C(O)(Cn1cncn1)c1ccc(F)cc1F. The summed E-state index contributed by atoms with van der Waals surface area (Å²) in [7, 11) is 1.27. The van der Waals surface area contributed by atoms with Crippen molar-refractivity contribution in [2.24, 2.45) is 0 Å². The highest BCUT2D eigenvalue weighted by molar-refractivity contribution is 5.89. The van der Waals surface area contributed by atoms with Crippen LogP contribution < -0.4 is 0 Å². The average molecular weight is 385 g/mol. The van der Waals surface area contributed by atoms with Gasteiger partial charge in [0.25, 0.3) is 0 Å². The van der Waals surface area contributed by atoms with Crippen LogP contribution in [0.5, 0.6) is 0 Å². The van der Waals surface area contributed by atoms with Gasteiger partial charge in [-0.25, -0.2) is 23.2 Å². The van der Waals surface area contributed by atoms with Crippen molar-refractivity contribution in [3.05, 3.63) is 90.0 Å². The van der Waals surface area contributed by atoms with Gasteiger partial charge in [-0.3, -0.25) is 0 Å². The number of nitrogens with zero attached hydrogens (tertiary/aromatic N) is 3. The summed E-state index contributed by atoms with van der Waals surface area (Å²) in [6, 6.07) is 9.03. The third kappa shape index (κ3) is 3.67. The van der Waals surface area contributed by atoms with Crippen LogP contribution in [0.25, 0.3) is 5.57 Å². The number of benzene rings is 2. The van der Waals surface area contributed by atoms with E-state index in [2.05, 4.69) is 21.4 Å².